The van der Waals surface area contributed by atoms with Crippen molar-refractivity contribution in [1.29, 1.82) is 0 Å². The Hall–Kier alpha value is -1.41. The third-order valence-electron chi connectivity index (χ3n) is 4.79. The number of rotatable bonds is 5. The molecular formula is C17H21ClN4O2S. The van der Waals surface area contributed by atoms with Gasteiger partial charge in [0.2, 0.25) is 10.0 Å². The fourth-order valence-electron chi connectivity index (χ4n) is 3.25. The van der Waals surface area contributed by atoms with E-state index in [4.69, 9.17) is 11.6 Å². The number of hydrogen-bond acceptors (Lipinski definition) is 4. The lowest BCUT2D eigenvalue weighted by atomic mass is 10.1. The van der Waals surface area contributed by atoms with E-state index < -0.39 is 10.0 Å². The van der Waals surface area contributed by atoms with Gasteiger partial charge in [0.1, 0.15) is 4.90 Å². The second kappa shape index (κ2) is 6.72. The largest absolute Gasteiger partial charge is 0.313 e. The molecule has 2 heterocycles. The van der Waals surface area contributed by atoms with Crippen LogP contribution < -0.4 is 5.32 Å². The molecule has 0 radical (unpaired) electrons. The van der Waals surface area contributed by atoms with Crippen LogP contribution in [0.2, 0.25) is 5.02 Å². The fourth-order valence-corrected chi connectivity index (χ4v) is 5.02. The summed E-state index contributed by atoms with van der Waals surface area (Å²) in [5.41, 5.74) is 0.897. The zero-order valence-electron chi connectivity index (χ0n) is 13.8. The first kappa shape index (κ1) is 17.0. The second-order valence-corrected chi connectivity index (χ2v) is 9.06. The van der Waals surface area contributed by atoms with Crippen LogP contribution in [0, 0.1) is 5.92 Å². The zero-order valence-corrected chi connectivity index (χ0v) is 15.4. The normalized spacial score (nSPS) is 22.2. The van der Waals surface area contributed by atoms with E-state index in [1.807, 2.05) is 18.2 Å². The first-order chi connectivity index (χ1) is 12.0. The van der Waals surface area contributed by atoms with E-state index in [2.05, 4.69) is 10.4 Å². The number of nitrogens with one attached hydrogen (secondary N) is 1. The number of aromatic nitrogens is 2. The Bertz CT molecular complexity index is 863. The third kappa shape index (κ3) is 3.60. The summed E-state index contributed by atoms with van der Waals surface area (Å²) in [5, 5.41) is 8.13. The highest BCUT2D eigenvalue weighted by atomic mass is 35.5. The minimum absolute atomic E-state index is 0.266. The molecule has 25 heavy (non-hydrogen) atoms. The van der Waals surface area contributed by atoms with Gasteiger partial charge in [0.25, 0.3) is 0 Å². The number of benzene rings is 1. The molecule has 134 valence electrons. The van der Waals surface area contributed by atoms with Crippen molar-refractivity contribution < 1.29 is 8.42 Å². The van der Waals surface area contributed by atoms with Crippen LogP contribution in [-0.2, 0) is 16.6 Å². The Morgan fingerprint density at radius 1 is 1.32 bits per heavy atom. The van der Waals surface area contributed by atoms with Gasteiger partial charge >= 0.3 is 0 Å². The van der Waals surface area contributed by atoms with Gasteiger partial charge in [-0.05, 0) is 36.5 Å². The lowest BCUT2D eigenvalue weighted by Gasteiger charge is -2.35. The molecule has 1 aromatic carbocycles. The Kier molecular flexibility index (Phi) is 4.58. The fraction of sp³-hybridized carbons (Fsp3) is 0.471. The lowest BCUT2D eigenvalue weighted by molar-refractivity contribution is 0.271. The maximum absolute atomic E-state index is 13.2. The molecule has 1 saturated heterocycles. The Balaban J connectivity index is 1.63. The molecule has 0 unspecified atom stereocenters. The van der Waals surface area contributed by atoms with Gasteiger partial charge in [-0.15, -0.1) is 0 Å². The molecule has 1 atom stereocenters. The van der Waals surface area contributed by atoms with Crippen molar-refractivity contribution in [1.82, 2.24) is 19.4 Å². The van der Waals surface area contributed by atoms with Gasteiger partial charge in [-0.1, -0.05) is 23.7 Å². The molecule has 4 rings (SSSR count). The van der Waals surface area contributed by atoms with Crippen LogP contribution in [0.15, 0.2) is 41.6 Å². The molecule has 0 amide bonds. The number of nitrogens with zero attached hydrogens (tertiary/aromatic N) is 3. The van der Waals surface area contributed by atoms with Crippen molar-refractivity contribution in [2.45, 2.75) is 30.3 Å². The molecule has 1 aliphatic heterocycles. The highest BCUT2D eigenvalue weighted by molar-refractivity contribution is 7.89. The van der Waals surface area contributed by atoms with E-state index in [-0.39, 0.29) is 10.9 Å². The average molecular weight is 381 g/mol. The summed E-state index contributed by atoms with van der Waals surface area (Å²) in [6, 6.07) is 7.12. The molecule has 1 aliphatic carbocycles. The van der Waals surface area contributed by atoms with Gasteiger partial charge in [-0.2, -0.15) is 9.40 Å². The summed E-state index contributed by atoms with van der Waals surface area (Å²) >= 11 is 6.10. The van der Waals surface area contributed by atoms with E-state index in [1.165, 1.54) is 19.0 Å². The van der Waals surface area contributed by atoms with Crippen molar-refractivity contribution in [2.75, 3.05) is 19.6 Å². The molecule has 6 nitrogen and oxygen atoms in total. The summed E-state index contributed by atoms with van der Waals surface area (Å²) < 4.78 is 29.7. The minimum Gasteiger partial charge on any atom is -0.313 e. The minimum atomic E-state index is -3.60. The van der Waals surface area contributed by atoms with Crippen LogP contribution in [0.4, 0.5) is 0 Å². The molecule has 1 aromatic heterocycles. The van der Waals surface area contributed by atoms with Crippen LogP contribution >= 0.6 is 11.6 Å². The predicted molar refractivity (Wildman–Crippen MR) is 95.9 cm³/mol. The van der Waals surface area contributed by atoms with Crippen molar-refractivity contribution in [2.24, 2.45) is 5.92 Å². The standard InChI is InChI=1S/C17H21ClN4O2S/c18-15-3-1-2-14(8-15)17-10-19-6-7-22(17)25(23,24)16-9-20-21(12-16)11-13-4-5-13/h1-3,8-9,12-13,17,19H,4-7,10-11H2/t17-/m0/s1. The van der Waals surface area contributed by atoms with E-state index in [0.717, 1.165) is 12.1 Å². The van der Waals surface area contributed by atoms with Gasteiger partial charge in [-0.25, -0.2) is 8.42 Å². The van der Waals surface area contributed by atoms with Crippen molar-refractivity contribution in [3.8, 4) is 0 Å². The van der Waals surface area contributed by atoms with Gasteiger partial charge < -0.3 is 5.32 Å². The molecule has 2 fully saturated rings. The van der Waals surface area contributed by atoms with E-state index in [1.54, 1.807) is 21.3 Å². The van der Waals surface area contributed by atoms with E-state index in [9.17, 15) is 8.42 Å². The highest BCUT2D eigenvalue weighted by Gasteiger charge is 2.35. The number of sulfonamides is 1. The maximum atomic E-state index is 13.2. The van der Waals surface area contributed by atoms with Crippen molar-refractivity contribution >= 4 is 21.6 Å². The molecular weight excluding hydrogens is 360 g/mol. The van der Waals surface area contributed by atoms with E-state index in [0.29, 0.717) is 30.6 Å². The van der Waals surface area contributed by atoms with Gasteiger partial charge in [0.05, 0.1) is 12.2 Å². The van der Waals surface area contributed by atoms with Crippen LogP contribution in [0.3, 0.4) is 0 Å². The first-order valence-electron chi connectivity index (χ1n) is 8.54. The summed E-state index contributed by atoms with van der Waals surface area (Å²) in [5.74, 6) is 0.647. The van der Waals surface area contributed by atoms with Crippen molar-refractivity contribution in [3.05, 3.63) is 47.2 Å². The number of piperazine rings is 1. The molecule has 1 saturated carbocycles. The summed E-state index contributed by atoms with van der Waals surface area (Å²) in [6.45, 7) is 2.42. The molecule has 0 bridgehead atoms. The first-order valence-corrected chi connectivity index (χ1v) is 10.4. The second-order valence-electron chi connectivity index (χ2n) is 6.73. The smallest absolute Gasteiger partial charge is 0.246 e. The summed E-state index contributed by atoms with van der Waals surface area (Å²) in [6.07, 6.45) is 5.53. The Morgan fingerprint density at radius 3 is 2.92 bits per heavy atom. The number of hydrogen-bond donors (Lipinski definition) is 1. The molecule has 8 heteroatoms. The van der Waals surface area contributed by atoms with E-state index >= 15 is 0 Å². The quantitative estimate of drug-likeness (QED) is 0.864. The monoisotopic (exact) mass is 380 g/mol. The average Bonchev–Trinajstić information content (AvgIpc) is 3.29. The molecule has 2 aliphatic rings. The maximum Gasteiger partial charge on any atom is 0.246 e. The van der Waals surface area contributed by atoms with Gasteiger partial charge in [0, 0.05) is 37.4 Å². The van der Waals surface area contributed by atoms with Gasteiger partial charge in [0.15, 0.2) is 0 Å². The topological polar surface area (TPSA) is 67.2 Å². The van der Waals surface area contributed by atoms with Crippen molar-refractivity contribution in [3.63, 3.8) is 0 Å². The van der Waals surface area contributed by atoms with Crippen LogP contribution in [0.1, 0.15) is 24.4 Å². The molecule has 1 N–H and O–H groups in total. The number of halogens is 1. The highest BCUT2D eigenvalue weighted by Crippen LogP contribution is 2.32. The Morgan fingerprint density at radius 2 is 2.16 bits per heavy atom. The van der Waals surface area contributed by atoms with Crippen LogP contribution in [-0.4, -0.2) is 42.1 Å². The summed E-state index contributed by atoms with van der Waals surface area (Å²) in [4.78, 5) is 0.266. The lowest BCUT2D eigenvalue weighted by Crippen LogP contribution is -2.48. The van der Waals surface area contributed by atoms with Crippen LogP contribution in [0.5, 0.6) is 0 Å². The van der Waals surface area contributed by atoms with Gasteiger partial charge in [-0.3, -0.25) is 4.68 Å². The van der Waals surface area contributed by atoms with Crippen LogP contribution in [0.25, 0.3) is 0 Å². The zero-order chi connectivity index (χ0) is 17.4. The molecule has 0 spiro atoms. The molecule has 2 aromatic rings. The SMILES string of the molecule is O=S(=O)(c1cnn(CC2CC2)c1)N1CCNC[C@H]1c1cccc(Cl)c1. The Labute approximate surface area is 152 Å². The summed E-state index contributed by atoms with van der Waals surface area (Å²) in [7, 11) is -3.60. The predicted octanol–water partition coefficient (Wildman–Crippen LogP) is 2.28. The third-order valence-corrected chi connectivity index (χ3v) is 6.88.